The van der Waals surface area contributed by atoms with Crippen LogP contribution in [0, 0.1) is 5.92 Å². The van der Waals surface area contributed by atoms with Gasteiger partial charge in [0.2, 0.25) is 11.7 Å². The Bertz CT molecular complexity index is 1930. The van der Waals surface area contributed by atoms with Gasteiger partial charge in [0, 0.05) is 112 Å². The summed E-state index contributed by atoms with van der Waals surface area (Å²) < 4.78 is 7.99. The van der Waals surface area contributed by atoms with Gasteiger partial charge in [-0.2, -0.15) is 0 Å². The van der Waals surface area contributed by atoms with Crippen LogP contribution >= 0.6 is 0 Å². The molecule has 2 aromatic heterocycles. The monoisotopic (exact) mass is 662 g/mol. The third-order valence-corrected chi connectivity index (χ3v) is 9.70. The van der Waals surface area contributed by atoms with Crippen LogP contribution in [0.15, 0.2) is 66.7 Å². The highest BCUT2D eigenvalue weighted by Gasteiger charge is 2.30. The number of hydrogen-bond donors (Lipinski definition) is 2. The molecule has 12 heteroatoms. The number of pyridine rings is 1. The Morgan fingerprint density at radius 3 is 2.31 bits per heavy atom. The molecule has 2 N–H and O–H groups in total. The van der Waals surface area contributed by atoms with Crippen LogP contribution < -0.4 is 25.2 Å². The first-order valence-corrected chi connectivity index (χ1v) is 16.7. The van der Waals surface area contributed by atoms with Crippen molar-refractivity contribution < 1.29 is 19.1 Å². The lowest BCUT2D eigenvalue weighted by molar-refractivity contribution is -0.133. The SMILES string of the molecule is CN1CCN(c2ccc(NC(=O)Nc3ccc4c(c3)C(=O)/C(=C/c3cn(C)c5nccc(N6CCC(C(=O)N(C)C)CC6)c35)O4)cc2)CC1. The van der Waals surface area contributed by atoms with Crippen molar-refractivity contribution in [2.75, 3.05) is 80.8 Å². The maximum Gasteiger partial charge on any atom is 0.323 e. The molecule has 0 aliphatic carbocycles. The fraction of sp³-hybridized carbons (Fsp3) is 0.351. The molecule has 0 atom stereocenters. The summed E-state index contributed by atoms with van der Waals surface area (Å²) in [5.74, 6) is 0.575. The number of urea groups is 1. The fourth-order valence-corrected chi connectivity index (χ4v) is 6.95. The van der Waals surface area contributed by atoms with Crippen LogP contribution in [0.1, 0.15) is 28.8 Å². The Morgan fingerprint density at radius 2 is 1.59 bits per heavy atom. The Kier molecular flexibility index (Phi) is 8.72. The van der Waals surface area contributed by atoms with Gasteiger partial charge in [-0.3, -0.25) is 9.59 Å². The van der Waals surface area contributed by atoms with E-state index in [1.165, 1.54) is 0 Å². The van der Waals surface area contributed by atoms with Crippen LogP contribution in [0.2, 0.25) is 0 Å². The molecule has 2 aromatic carbocycles. The number of ketones is 1. The molecule has 5 heterocycles. The Hall–Kier alpha value is -5.36. The number of piperazine rings is 1. The fourth-order valence-electron chi connectivity index (χ4n) is 6.95. The van der Waals surface area contributed by atoms with Gasteiger partial charge in [-0.1, -0.05) is 0 Å². The third-order valence-electron chi connectivity index (χ3n) is 9.70. The van der Waals surface area contributed by atoms with Crippen LogP contribution in [-0.4, -0.2) is 97.5 Å². The Morgan fingerprint density at radius 1 is 0.898 bits per heavy atom. The molecule has 0 saturated carbocycles. The molecule has 49 heavy (non-hydrogen) atoms. The quantitative estimate of drug-likeness (QED) is 0.281. The van der Waals surface area contributed by atoms with Crippen LogP contribution in [0.3, 0.4) is 0 Å². The van der Waals surface area contributed by atoms with Crippen molar-refractivity contribution in [1.82, 2.24) is 19.4 Å². The molecule has 0 spiro atoms. The average molecular weight is 663 g/mol. The van der Waals surface area contributed by atoms with Crippen molar-refractivity contribution in [3.8, 4) is 5.75 Å². The molecule has 0 bridgehead atoms. The average Bonchev–Trinajstić information content (AvgIpc) is 3.59. The smallest absolute Gasteiger partial charge is 0.323 e. The summed E-state index contributed by atoms with van der Waals surface area (Å²) in [6.07, 6.45) is 7.07. The first kappa shape index (κ1) is 32.2. The summed E-state index contributed by atoms with van der Waals surface area (Å²) in [6.45, 7) is 5.50. The Labute approximate surface area is 285 Å². The summed E-state index contributed by atoms with van der Waals surface area (Å²) in [7, 11) is 7.67. The van der Waals surface area contributed by atoms with Gasteiger partial charge in [0.05, 0.1) is 5.56 Å². The second-order valence-electron chi connectivity index (χ2n) is 13.3. The number of hydrogen-bond acceptors (Lipinski definition) is 8. The van der Waals surface area contributed by atoms with Gasteiger partial charge in [-0.15, -0.1) is 0 Å². The minimum atomic E-state index is -0.402. The number of piperidine rings is 1. The van der Waals surface area contributed by atoms with E-state index >= 15 is 0 Å². The highest BCUT2D eigenvalue weighted by Crippen LogP contribution is 2.37. The molecule has 3 amide bonds. The first-order chi connectivity index (χ1) is 23.6. The number of fused-ring (bicyclic) bond motifs is 2. The second-order valence-corrected chi connectivity index (χ2v) is 13.3. The van der Waals surface area contributed by atoms with Crippen molar-refractivity contribution >= 4 is 57.6 Å². The molecular formula is C37H42N8O4. The molecule has 0 radical (unpaired) electrons. The molecule has 0 unspecified atom stereocenters. The summed E-state index contributed by atoms with van der Waals surface area (Å²) in [5, 5.41) is 6.65. The Balaban J connectivity index is 1.04. The highest BCUT2D eigenvalue weighted by atomic mass is 16.5. The van der Waals surface area contributed by atoms with Crippen LogP contribution in [0.5, 0.6) is 5.75 Å². The van der Waals surface area contributed by atoms with Gasteiger partial charge in [0.1, 0.15) is 11.4 Å². The molecule has 7 rings (SSSR count). The molecule has 2 saturated heterocycles. The normalized spacial score (nSPS) is 17.7. The maximum atomic E-state index is 13.6. The number of nitrogens with zero attached hydrogens (tertiary/aromatic N) is 6. The van der Waals surface area contributed by atoms with E-state index in [-0.39, 0.29) is 23.4 Å². The van der Waals surface area contributed by atoms with Crippen molar-refractivity contribution in [3.63, 3.8) is 0 Å². The van der Waals surface area contributed by atoms with E-state index in [1.54, 1.807) is 49.5 Å². The van der Waals surface area contributed by atoms with Gasteiger partial charge in [0.15, 0.2) is 5.76 Å². The van der Waals surface area contributed by atoms with Crippen molar-refractivity contribution in [2.24, 2.45) is 13.0 Å². The predicted octanol–water partition coefficient (Wildman–Crippen LogP) is 4.89. The standard InChI is InChI=1S/C37H42N8O4/c1-41(2)36(47)24-12-15-45(16-13-24)30-11-14-38-35-33(30)25(23-43(35)4)21-32-34(46)29-22-27(7-10-31(29)49-32)40-37(48)39-26-5-8-28(9-6-26)44-19-17-42(3)18-20-44/h5-11,14,21-24H,12-13,15-20H2,1-4H3,(H2,39,40,48)/b32-21-. The summed E-state index contributed by atoms with van der Waals surface area (Å²) in [6, 6.07) is 14.5. The topological polar surface area (TPSA) is 115 Å². The lowest BCUT2D eigenvalue weighted by Gasteiger charge is -2.34. The van der Waals surface area contributed by atoms with Crippen molar-refractivity contribution in [1.29, 1.82) is 0 Å². The molecule has 3 aliphatic rings. The van der Waals surface area contributed by atoms with Crippen LogP contribution in [-0.2, 0) is 11.8 Å². The van der Waals surface area contributed by atoms with E-state index in [1.807, 2.05) is 48.1 Å². The number of carbonyl (C=O) groups is 3. The zero-order valence-electron chi connectivity index (χ0n) is 28.4. The van der Waals surface area contributed by atoms with Crippen LogP contribution in [0.25, 0.3) is 17.1 Å². The molecule has 12 nitrogen and oxygen atoms in total. The lowest BCUT2D eigenvalue weighted by Crippen LogP contribution is -2.44. The molecular weight excluding hydrogens is 620 g/mol. The molecule has 4 aromatic rings. The number of anilines is 4. The molecule has 3 aliphatic heterocycles. The van der Waals surface area contributed by atoms with Gasteiger partial charge in [0.25, 0.3) is 0 Å². The number of ether oxygens (including phenoxy) is 1. The highest BCUT2D eigenvalue weighted by molar-refractivity contribution is 6.16. The number of rotatable bonds is 6. The number of allylic oxidation sites excluding steroid dienone is 1. The van der Waals surface area contributed by atoms with E-state index in [9.17, 15) is 14.4 Å². The minimum absolute atomic E-state index is 0.0215. The number of aromatic nitrogens is 2. The van der Waals surface area contributed by atoms with E-state index in [4.69, 9.17) is 4.74 Å². The third kappa shape index (κ3) is 6.56. The number of carbonyl (C=O) groups excluding carboxylic acids is 3. The van der Waals surface area contributed by atoms with Crippen LogP contribution in [0.4, 0.5) is 27.5 Å². The summed E-state index contributed by atoms with van der Waals surface area (Å²) in [5.41, 5.74) is 5.31. The number of benzene rings is 2. The predicted molar refractivity (Wildman–Crippen MR) is 193 cm³/mol. The number of likely N-dealkylation sites (N-methyl/N-ethyl adjacent to an activating group) is 1. The molecule has 2 fully saturated rings. The largest absolute Gasteiger partial charge is 0.452 e. The lowest BCUT2D eigenvalue weighted by atomic mass is 9.95. The zero-order chi connectivity index (χ0) is 34.2. The first-order valence-electron chi connectivity index (χ1n) is 16.7. The minimum Gasteiger partial charge on any atom is -0.452 e. The number of nitrogens with one attached hydrogen (secondary N) is 2. The summed E-state index contributed by atoms with van der Waals surface area (Å²) in [4.78, 5) is 52.3. The van der Waals surface area contributed by atoms with E-state index in [2.05, 4.69) is 37.4 Å². The van der Waals surface area contributed by atoms with E-state index in [0.717, 1.165) is 80.1 Å². The van der Waals surface area contributed by atoms with Gasteiger partial charge >= 0.3 is 6.03 Å². The summed E-state index contributed by atoms with van der Waals surface area (Å²) >= 11 is 0. The zero-order valence-corrected chi connectivity index (χ0v) is 28.4. The van der Waals surface area contributed by atoms with Gasteiger partial charge in [-0.25, -0.2) is 9.78 Å². The van der Waals surface area contributed by atoms with Gasteiger partial charge < -0.3 is 39.5 Å². The maximum absolute atomic E-state index is 13.6. The number of aryl methyl sites for hydroxylation is 1. The molecule has 254 valence electrons. The van der Waals surface area contributed by atoms with Gasteiger partial charge in [-0.05, 0) is 74.5 Å². The van der Waals surface area contributed by atoms with Crippen molar-refractivity contribution in [2.45, 2.75) is 12.8 Å². The number of Topliss-reactive ketones (excluding diaryl/α,β-unsaturated/α-hetero) is 1. The van der Waals surface area contributed by atoms with E-state index < -0.39 is 6.03 Å². The number of amides is 3. The second kappa shape index (κ2) is 13.3. The van der Waals surface area contributed by atoms with Crippen molar-refractivity contribution in [3.05, 3.63) is 77.8 Å². The van der Waals surface area contributed by atoms with E-state index in [0.29, 0.717) is 22.7 Å².